The van der Waals surface area contributed by atoms with Crippen LogP contribution in [0.25, 0.3) is 43.8 Å². The fourth-order valence-electron chi connectivity index (χ4n) is 5.17. The van der Waals surface area contributed by atoms with Crippen LogP contribution in [0.1, 0.15) is 20.7 Å². The molecular weight excluding hydrogens is 529 g/mol. The molecule has 0 bridgehead atoms. The van der Waals surface area contributed by atoms with Crippen LogP contribution in [0, 0.1) is 5.82 Å². The molecule has 0 atom stereocenters. The first-order chi connectivity index (χ1) is 20.3. The maximum atomic E-state index is 14.4. The molecule has 0 aliphatic heterocycles. The fraction of sp³-hybridized carbons (Fsp3) is 0.0286. The van der Waals surface area contributed by atoms with Crippen molar-refractivity contribution < 1.29 is 18.7 Å². The van der Waals surface area contributed by atoms with E-state index in [0.717, 1.165) is 38.2 Å². The van der Waals surface area contributed by atoms with E-state index in [9.17, 15) is 14.0 Å². The molecule has 42 heavy (non-hydrogen) atoms. The number of fused-ring (bicyclic) bond motifs is 2. The Balaban J connectivity index is 0.000000169. The summed E-state index contributed by atoms with van der Waals surface area (Å²) in [7, 11) is 1.35. The highest BCUT2D eigenvalue weighted by molar-refractivity contribution is 6.09. The van der Waals surface area contributed by atoms with Crippen LogP contribution in [-0.4, -0.2) is 18.9 Å². The van der Waals surface area contributed by atoms with Crippen molar-refractivity contribution in [2.45, 2.75) is 0 Å². The molecule has 0 saturated carbocycles. The monoisotopic (exact) mass is 557 g/mol. The van der Waals surface area contributed by atoms with E-state index >= 15 is 0 Å². The molecule has 6 aromatic carbocycles. The molecule has 7 heteroatoms. The van der Waals surface area contributed by atoms with E-state index in [1.165, 1.54) is 13.2 Å². The molecule has 0 aliphatic rings. The maximum Gasteiger partial charge on any atom is 0.252 e. The van der Waals surface area contributed by atoms with Crippen molar-refractivity contribution in [2.24, 2.45) is 11.5 Å². The van der Waals surface area contributed by atoms with Gasteiger partial charge in [0.1, 0.15) is 0 Å². The van der Waals surface area contributed by atoms with Gasteiger partial charge in [0.15, 0.2) is 11.6 Å². The van der Waals surface area contributed by atoms with Crippen molar-refractivity contribution in [2.75, 3.05) is 12.8 Å². The number of hydrogen-bond donors (Lipinski definition) is 3. The predicted octanol–water partition coefficient (Wildman–Crippen LogP) is 6.94. The number of amides is 2. The van der Waals surface area contributed by atoms with E-state index in [4.69, 9.17) is 21.9 Å². The minimum atomic E-state index is -0.820. The van der Waals surface area contributed by atoms with Crippen LogP contribution in [0.4, 0.5) is 10.1 Å². The minimum absolute atomic E-state index is 0.00205. The van der Waals surface area contributed by atoms with Gasteiger partial charge in [0.25, 0.3) is 11.8 Å². The number of halogens is 1. The molecule has 0 aromatic heterocycles. The summed E-state index contributed by atoms with van der Waals surface area (Å²) in [4.78, 5) is 23.4. The number of primary amides is 2. The number of nitrogens with two attached hydrogens (primary N) is 3. The Labute approximate surface area is 242 Å². The highest BCUT2D eigenvalue weighted by Gasteiger charge is 2.20. The highest BCUT2D eigenvalue weighted by Crippen LogP contribution is 2.35. The van der Waals surface area contributed by atoms with Crippen LogP contribution in [0.3, 0.4) is 0 Å². The topological polar surface area (TPSA) is 121 Å². The molecule has 0 unspecified atom stereocenters. The summed E-state index contributed by atoms with van der Waals surface area (Å²) in [5, 5.41) is 4.12. The van der Waals surface area contributed by atoms with Crippen LogP contribution < -0.4 is 21.9 Å². The van der Waals surface area contributed by atoms with Gasteiger partial charge in [-0.25, -0.2) is 4.39 Å². The van der Waals surface area contributed by atoms with Gasteiger partial charge in [-0.05, 0) is 62.0 Å². The SMILES string of the molecule is COc1ccc(-c2cccc3ccccc23)c(C(N)=O)c1F.NC(=O)c1c(N)cccc1-c1cccc2ccccc12. The number of hydrogen-bond acceptors (Lipinski definition) is 4. The third kappa shape index (κ3) is 5.23. The lowest BCUT2D eigenvalue weighted by atomic mass is 9.93. The second-order valence-corrected chi connectivity index (χ2v) is 9.56. The van der Waals surface area contributed by atoms with E-state index in [2.05, 4.69) is 0 Å². The quantitative estimate of drug-likeness (QED) is 0.199. The predicted molar refractivity (Wildman–Crippen MR) is 167 cm³/mol. The van der Waals surface area contributed by atoms with Crippen molar-refractivity contribution in [1.29, 1.82) is 0 Å². The fourth-order valence-corrected chi connectivity index (χ4v) is 5.17. The average Bonchev–Trinajstić information content (AvgIpc) is 3.00. The molecule has 0 fully saturated rings. The first kappa shape index (κ1) is 27.9. The summed E-state index contributed by atoms with van der Waals surface area (Å²) < 4.78 is 19.4. The Morgan fingerprint density at radius 3 is 1.55 bits per heavy atom. The lowest BCUT2D eigenvalue weighted by Crippen LogP contribution is -2.15. The van der Waals surface area contributed by atoms with Crippen molar-refractivity contribution in [3.05, 3.63) is 132 Å². The van der Waals surface area contributed by atoms with Gasteiger partial charge in [-0.3, -0.25) is 9.59 Å². The van der Waals surface area contributed by atoms with Gasteiger partial charge >= 0.3 is 0 Å². The van der Waals surface area contributed by atoms with E-state index in [1.807, 2.05) is 97.1 Å². The molecule has 6 N–H and O–H groups in total. The zero-order valence-electron chi connectivity index (χ0n) is 22.8. The molecule has 0 saturated heterocycles. The van der Waals surface area contributed by atoms with E-state index in [0.29, 0.717) is 16.8 Å². The minimum Gasteiger partial charge on any atom is -0.494 e. The van der Waals surface area contributed by atoms with Gasteiger partial charge < -0.3 is 21.9 Å². The van der Waals surface area contributed by atoms with Gasteiger partial charge in [-0.2, -0.15) is 0 Å². The lowest BCUT2D eigenvalue weighted by molar-refractivity contribution is 0.0990. The number of carbonyl (C=O) groups is 2. The molecule has 0 aliphatic carbocycles. The number of benzene rings is 6. The van der Waals surface area contributed by atoms with Crippen molar-refractivity contribution in [1.82, 2.24) is 0 Å². The molecular formula is C35H28FN3O3. The summed E-state index contributed by atoms with van der Waals surface area (Å²) in [5.41, 5.74) is 20.3. The molecule has 0 heterocycles. The second-order valence-electron chi connectivity index (χ2n) is 9.56. The van der Waals surface area contributed by atoms with Crippen molar-refractivity contribution in [3.63, 3.8) is 0 Å². The largest absolute Gasteiger partial charge is 0.494 e. The highest BCUT2D eigenvalue weighted by atomic mass is 19.1. The van der Waals surface area contributed by atoms with Crippen LogP contribution in [-0.2, 0) is 0 Å². The third-order valence-electron chi connectivity index (χ3n) is 7.08. The van der Waals surface area contributed by atoms with Gasteiger partial charge in [-0.15, -0.1) is 0 Å². The van der Waals surface area contributed by atoms with Crippen LogP contribution in [0.2, 0.25) is 0 Å². The van der Waals surface area contributed by atoms with E-state index < -0.39 is 17.6 Å². The number of anilines is 1. The summed E-state index contributed by atoms with van der Waals surface area (Å²) in [6, 6.07) is 35.9. The standard InChI is InChI=1S/C18H14FNO2.C17H14N2O/c1-22-15-10-9-14(16(17(15)19)18(20)21)13-8-4-6-11-5-2-3-7-12(11)13;18-15-10-4-9-14(16(15)17(19)20)13-8-3-6-11-5-1-2-7-12(11)13/h2-10H,1H3,(H2,20,21);1-10H,18H2,(H2,19,20). The first-order valence-electron chi connectivity index (χ1n) is 13.1. The Kier molecular flexibility index (Phi) is 7.84. The van der Waals surface area contributed by atoms with Gasteiger partial charge in [-0.1, -0.05) is 97.1 Å². The van der Waals surface area contributed by atoms with E-state index in [1.54, 1.807) is 12.1 Å². The number of methoxy groups -OCH3 is 1. The molecule has 6 aromatic rings. The molecule has 0 spiro atoms. The summed E-state index contributed by atoms with van der Waals surface area (Å²) >= 11 is 0. The Morgan fingerprint density at radius 1 is 0.571 bits per heavy atom. The Hall–Kier alpha value is -5.69. The zero-order chi connectivity index (χ0) is 29.8. The Bertz CT molecular complexity index is 1960. The Morgan fingerprint density at radius 2 is 1.02 bits per heavy atom. The van der Waals surface area contributed by atoms with E-state index in [-0.39, 0.29) is 11.3 Å². The molecule has 208 valence electrons. The average molecular weight is 558 g/mol. The first-order valence-corrected chi connectivity index (χ1v) is 13.1. The van der Waals surface area contributed by atoms with Crippen LogP contribution in [0.15, 0.2) is 115 Å². The van der Waals surface area contributed by atoms with Crippen molar-refractivity contribution in [3.8, 4) is 28.0 Å². The molecule has 6 nitrogen and oxygen atoms in total. The van der Waals surface area contributed by atoms with Crippen LogP contribution in [0.5, 0.6) is 5.75 Å². The summed E-state index contributed by atoms with van der Waals surface area (Å²) in [5.74, 6) is -2.07. The third-order valence-corrected chi connectivity index (χ3v) is 7.08. The van der Waals surface area contributed by atoms with Gasteiger partial charge in [0, 0.05) is 5.69 Å². The molecule has 2 amide bonds. The molecule has 6 rings (SSSR count). The second kappa shape index (κ2) is 11.8. The number of rotatable bonds is 5. The molecule has 0 radical (unpaired) electrons. The smallest absolute Gasteiger partial charge is 0.252 e. The number of carbonyl (C=O) groups excluding carboxylic acids is 2. The number of nitrogen functional groups attached to an aromatic ring is 1. The maximum absolute atomic E-state index is 14.4. The summed E-state index contributed by atoms with van der Waals surface area (Å²) in [6.07, 6.45) is 0. The zero-order valence-corrected chi connectivity index (χ0v) is 22.8. The van der Waals surface area contributed by atoms with Gasteiger partial charge in [0.05, 0.1) is 18.2 Å². The van der Waals surface area contributed by atoms with Crippen molar-refractivity contribution >= 4 is 39.0 Å². The number of ether oxygens (including phenoxy) is 1. The van der Waals surface area contributed by atoms with Crippen LogP contribution >= 0.6 is 0 Å². The lowest BCUT2D eigenvalue weighted by Gasteiger charge is -2.13. The van der Waals surface area contributed by atoms with Gasteiger partial charge in [0.2, 0.25) is 0 Å². The summed E-state index contributed by atoms with van der Waals surface area (Å²) in [6.45, 7) is 0. The normalized spacial score (nSPS) is 10.6.